The van der Waals surface area contributed by atoms with Gasteiger partial charge in [0, 0.05) is 12.0 Å². The number of amides is 1. The number of nitro groups is 1. The fourth-order valence-corrected chi connectivity index (χ4v) is 2.40. The standard InChI is InChI=1S/C13H13FN2O5/c14-10-6-9(16(20)21)3-4-11(10)15-12(17)7-1-2-8(5-7)13(18)19/h3-4,6-8H,1-2,5H2,(H,15,17)(H,18,19)/t7-,8+/m1/s1. The fraction of sp³-hybridized carbons (Fsp3) is 0.385. The van der Waals surface area contributed by atoms with E-state index in [1.165, 1.54) is 0 Å². The van der Waals surface area contributed by atoms with E-state index in [0.717, 1.165) is 18.2 Å². The van der Waals surface area contributed by atoms with E-state index < -0.39 is 40.1 Å². The molecule has 1 aromatic carbocycles. The van der Waals surface area contributed by atoms with Crippen molar-refractivity contribution in [1.29, 1.82) is 0 Å². The molecule has 0 aliphatic heterocycles. The van der Waals surface area contributed by atoms with Crippen molar-refractivity contribution < 1.29 is 24.0 Å². The van der Waals surface area contributed by atoms with Gasteiger partial charge in [-0.2, -0.15) is 0 Å². The van der Waals surface area contributed by atoms with Crippen LogP contribution in [0, 0.1) is 27.8 Å². The molecule has 112 valence electrons. The Balaban J connectivity index is 2.03. The van der Waals surface area contributed by atoms with Crippen LogP contribution in [0.25, 0.3) is 0 Å². The highest BCUT2D eigenvalue weighted by molar-refractivity contribution is 5.93. The highest BCUT2D eigenvalue weighted by atomic mass is 19.1. The lowest BCUT2D eigenvalue weighted by atomic mass is 10.0. The summed E-state index contributed by atoms with van der Waals surface area (Å²) in [6.07, 6.45) is 1.06. The number of nitrogens with zero attached hydrogens (tertiary/aromatic N) is 1. The molecule has 0 saturated heterocycles. The molecule has 1 saturated carbocycles. The summed E-state index contributed by atoms with van der Waals surface area (Å²) < 4.78 is 13.6. The Bertz CT molecular complexity index is 604. The van der Waals surface area contributed by atoms with Crippen LogP contribution in [0.5, 0.6) is 0 Å². The van der Waals surface area contributed by atoms with Gasteiger partial charge in [0.25, 0.3) is 5.69 Å². The van der Waals surface area contributed by atoms with Gasteiger partial charge < -0.3 is 10.4 Å². The predicted molar refractivity (Wildman–Crippen MR) is 70.2 cm³/mol. The number of rotatable bonds is 4. The molecular formula is C13H13FN2O5. The van der Waals surface area contributed by atoms with E-state index in [0.29, 0.717) is 12.8 Å². The maximum atomic E-state index is 13.6. The molecule has 2 N–H and O–H groups in total. The lowest BCUT2D eigenvalue weighted by Crippen LogP contribution is -2.22. The van der Waals surface area contributed by atoms with Gasteiger partial charge in [-0.3, -0.25) is 19.7 Å². The molecule has 0 heterocycles. The zero-order chi connectivity index (χ0) is 15.6. The quantitative estimate of drug-likeness (QED) is 0.653. The Kier molecular flexibility index (Phi) is 4.15. The second-order valence-corrected chi connectivity index (χ2v) is 4.96. The summed E-state index contributed by atoms with van der Waals surface area (Å²) in [6.45, 7) is 0. The Morgan fingerprint density at radius 1 is 1.33 bits per heavy atom. The van der Waals surface area contributed by atoms with Crippen LogP contribution in [0.3, 0.4) is 0 Å². The number of halogens is 1. The number of carbonyl (C=O) groups excluding carboxylic acids is 1. The van der Waals surface area contributed by atoms with Gasteiger partial charge in [0.05, 0.1) is 22.6 Å². The topological polar surface area (TPSA) is 110 Å². The molecule has 1 amide bonds. The molecule has 7 nitrogen and oxygen atoms in total. The molecule has 1 aliphatic rings. The Morgan fingerprint density at radius 2 is 2.00 bits per heavy atom. The molecule has 2 atom stereocenters. The Morgan fingerprint density at radius 3 is 2.52 bits per heavy atom. The zero-order valence-corrected chi connectivity index (χ0v) is 10.9. The molecule has 0 unspecified atom stereocenters. The summed E-state index contributed by atoms with van der Waals surface area (Å²) in [5.74, 6) is -3.34. The van der Waals surface area contributed by atoms with Crippen molar-refractivity contribution in [2.45, 2.75) is 19.3 Å². The first-order valence-electron chi connectivity index (χ1n) is 6.36. The summed E-state index contributed by atoms with van der Waals surface area (Å²) in [6, 6.07) is 2.94. The van der Waals surface area contributed by atoms with E-state index in [-0.39, 0.29) is 12.1 Å². The number of benzene rings is 1. The molecule has 2 rings (SSSR count). The van der Waals surface area contributed by atoms with Crippen molar-refractivity contribution in [1.82, 2.24) is 0 Å². The monoisotopic (exact) mass is 296 g/mol. The van der Waals surface area contributed by atoms with E-state index in [4.69, 9.17) is 5.11 Å². The van der Waals surface area contributed by atoms with E-state index in [9.17, 15) is 24.1 Å². The SMILES string of the molecule is O=C(O)[C@H]1CC[C@@H](C(=O)Nc2ccc([N+](=O)[O-])cc2F)C1. The minimum absolute atomic E-state index is 0.149. The first-order valence-corrected chi connectivity index (χ1v) is 6.36. The molecule has 8 heteroatoms. The van der Waals surface area contributed by atoms with Gasteiger partial charge in [0.2, 0.25) is 5.91 Å². The molecule has 1 fully saturated rings. The van der Waals surface area contributed by atoms with Crippen LogP contribution in [0.15, 0.2) is 18.2 Å². The van der Waals surface area contributed by atoms with Gasteiger partial charge in [-0.15, -0.1) is 0 Å². The lowest BCUT2D eigenvalue weighted by Gasteiger charge is -2.11. The summed E-state index contributed by atoms with van der Waals surface area (Å²) in [5.41, 5.74) is -0.554. The van der Waals surface area contributed by atoms with Gasteiger partial charge in [0.15, 0.2) is 5.82 Å². The minimum atomic E-state index is -0.938. The molecule has 0 spiro atoms. The molecule has 0 aromatic heterocycles. The summed E-state index contributed by atoms with van der Waals surface area (Å²) in [4.78, 5) is 32.5. The van der Waals surface area contributed by atoms with Crippen LogP contribution in [0.2, 0.25) is 0 Å². The highest BCUT2D eigenvalue weighted by Gasteiger charge is 2.34. The second kappa shape index (κ2) is 5.86. The lowest BCUT2D eigenvalue weighted by molar-refractivity contribution is -0.385. The van der Waals surface area contributed by atoms with Crippen molar-refractivity contribution in [3.63, 3.8) is 0 Å². The number of nitro benzene ring substituents is 1. The number of non-ortho nitro benzene ring substituents is 1. The number of anilines is 1. The number of carboxylic acids is 1. The van der Waals surface area contributed by atoms with Crippen LogP contribution in [-0.2, 0) is 9.59 Å². The van der Waals surface area contributed by atoms with Gasteiger partial charge in [0.1, 0.15) is 0 Å². The highest BCUT2D eigenvalue weighted by Crippen LogP contribution is 2.32. The van der Waals surface area contributed by atoms with Crippen LogP contribution in [0.1, 0.15) is 19.3 Å². The summed E-state index contributed by atoms with van der Waals surface area (Å²) in [7, 11) is 0. The van der Waals surface area contributed by atoms with Crippen molar-refractivity contribution in [2.24, 2.45) is 11.8 Å². The molecular weight excluding hydrogens is 283 g/mol. The maximum Gasteiger partial charge on any atom is 0.306 e. The van der Waals surface area contributed by atoms with Crippen LogP contribution in [0.4, 0.5) is 15.8 Å². The molecule has 0 bridgehead atoms. The molecule has 1 aromatic rings. The number of hydrogen-bond donors (Lipinski definition) is 2. The average Bonchev–Trinajstić information content (AvgIpc) is 2.90. The number of carboxylic acid groups (broad SMARTS) is 1. The third-order valence-corrected chi connectivity index (χ3v) is 3.57. The fourth-order valence-electron chi connectivity index (χ4n) is 2.40. The van der Waals surface area contributed by atoms with Gasteiger partial charge in [-0.05, 0) is 25.3 Å². The first kappa shape index (κ1) is 14.9. The molecule has 0 radical (unpaired) electrons. The van der Waals surface area contributed by atoms with Crippen LogP contribution >= 0.6 is 0 Å². The normalized spacial score (nSPS) is 21.0. The summed E-state index contributed by atoms with van der Waals surface area (Å²) >= 11 is 0. The van der Waals surface area contributed by atoms with E-state index >= 15 is 0 Å². The van der Waals surface area contributed by atoms with E-state index in [1.807, 2.05) is 0 Å². The van der Waals surface area contributed by atoms with Gasteiger partial charge in [-0.25, -0.2) is 4.39 Å². The number of aliphatic carboxylic acids is 1. The smallest absolute Gasteiger partial charge is 0.306 e. The first-order chi connectivity index (χ1) is 9.88. The van der Waals surface area contributed by atoms with E-state index in [1.54, 1.807) is 0 Å². The largest absolute Gasteiger partial charge is 0.481 e. The Hall–Kier alpha value is -2.51. The third-order valence-electron chi connectivity index (χ3n) is 3.57. The van der Waals surface area contributed by atoms with E-state index in [2.05, 4.69) is 5.32 Å². The zero-order valence-electron chi connectivity index (χ0n) is 10.9. The minimum Gasteiger partial charge on any atom is -0.481 e. The van der Waals surface area contributed by atoms with Crippen molar-refractivity contribution in [2.75, 3.05) is 5.32 Å². The Labute approximate surface area is 118 Å². The van der Waals surface area contributed by atoms with Crippen molar-refractivity contribution in [3.05, 3.63) is 34.1 Å². The maximum absolute atomic E-state index is 13.6. The second-order valence-electron chi connectivity index (χ2n) is 4.96. The van der Waals surface area contributed by atoms with Gasteiger partial charge >= 0.3 is 5.97 Å². The van der Waals surface area contributed by atoms with Crippen LogP contribution in [-0.4, -0.2) is 21.9 Å². The average molecular weight is 296 g/mol. The number of hydrogen-bond acceptors (Lipinski definition) is 4. The van der Waals surface area contributed by atoms with Gasteiger partial charge in [-0.1, -0.05) is 0 Å². The molecule has 1 aliphatic carbocycles. The van der Waals surface area contributed by atoms with Crippen molar-refractivity contribution in [3.8, 4) is 0 Å². The number of carbonyl (C=O) groups is 2. The van der Waals surface area contributed by atoms with Crippen molar-refractivity contribution >= 4 is 23.3 Å². The van der Waals surface area contributed by atoms with Crippen LogP contribution < -0.4 is 5.32 Å². The summed E-state index contributed by atoms with van der Waals surface area (Å²) in [5, 5.41) is 21.7. The third kappa shape index (κ3) is 3.33. The molecule has 21 heavy (non-hydrogen) atoms. The number of nitrogens with one attached hydrogen (secondary N) is 1. The predicted octanol–water partition coefficient (Wildman–Crippen LogP) is 2.17.